The van der Waals surface area contributed by atoms with Gasteiger partial charge in [-0.3, -0.25) is 9.36 Å². The summed E-state index contributed by atoms with van der Waals surface area (Å²) in [6.45, 7) is 4.05. The Morgan fingerprint density at radius 1 is 1.58 bits per heavy atom. The van der Waals surface area contributed by atoms with Crippen molar-refractivity contribution in [3.63, 3.8) is 0 Å². The summed E-state index contributed by atoms with van der Waals surface area (Å²) in [5.74, 6) is -0.108. The van der Waals surface area contributed by atoms with Crippen LogP contribution in [0.15, 0.2) is 21.1 Å². The highest BCUT2D eigenvalue weighted by molar-refractivity contribution is 9.10. The third-order valence-electron chi connectivity index (χ3n) is 2.33. The lowest BCUT2D eigenvalue weighted by Crippen LogP contribution is -2.06. The third kappa shape index (κ3) is 3.18. The van der Waals surface area contributed by atoms with Crippen molar-refractivity contribution in [2.45, 2.75) is 25.0 Å². The van der Waals surface area contributed by atoms with Crippen molar-refractivity contribution in [2.24, 2.45) is 0 Å². The Morgan fingerprint density at radius 3 is 2.84 bits per heavy atom. The second-order valence-electron chi connectivity index (χ2n) is 4.05. The van der Waals surface area contributed by atoms with E-state index in [9.17, 15) is 4.79 Å². The second-order valence-corrected chi connectivity index (χ2v) is 6.76. The number of rotatable bonds is 5. The molecule has 0 saturated carbocycles. The molecule has 0 spiro atoms. The molecule has 8 heteroatoms. The van der Waals surface area contributed by atoms with Crippen LogP contribution in [0, 0.1) is 0 Å². The number of carbonyl (C=O) groups is 1. The summed E-state index contributed by atoms with van der Waals surface area (Å²) >= 11 is 6.25. The van der Waals surface area contributed by atoms with Gasteiger partial charge >= 0.3 is 5.97 Å². The Labute approximate surface area is 127 Å². The fraction of sp³-hybridized carbons (Fsp3) is 0.364. The molecule has 0 saturated heterocycles. The SMILES string of the molecule is CC(C)n1c(SCC(=O)O)nnc1-c1sccc1Br. The molecule has 0 bridgehead atoms. The van der Waals surface area contributed by atoms with Gasteiger partial charge in [0, 0.05) is 10.5 Å². The number of hydrogen-bond acceptors (Lipinski definition) is 5. The molecule has 102 valence electrons. The van der Waals surface area contributed by atoms with E-state index in [1.165, 1.54) is 11.8 Å². The smallest absolute Gasteiger partial charge is 0.313 e. The molecule has 19 heavy (non-hydrogen) atoms. The Hall–Kier alpha value is -0.860. The Morgan fingerprint density at radius 2 is 2.32 bits per heavy atom. The number of carboxylic acids is 1. The molecule has 0 radical (unpaired) electrons. The topological polar surface area (TPSA) is 68.0 Å². The highest BCUT2D eigenvalue weighted by Crippen LogP contribution is 2.35. The van der Waals surface area contributed by atoms with Crippen LogP contribution in [-0.2, 0) is 4.79 Å². The van der Waals surface area contributed by atoms with Crippen LogP contribution in [0.3, 0.4) is 0 Å². The van der Waals surface area contributed by atoms with Crippen LogP contribution in [0.4, 0.5) is 0 Å². The molecule has 0 atom stereocenters. The lowest BCUT2D eigenvalue weighted by molar-refractivity contribution is -0.133. The molecule has 2 aromatic heterocycles. The van der Waals surface area contributed by atoms with Crippen molar-refractivity contribution < 1.29 is 9.90 Å². The summed E-state index contributed by atoms with van der Waals surface area (Å²) in [4.78, 5) is 11.7. The molecular formula is C11H12BrN3O2S2. The molecule has 0 aliphatic carbocycles. The maximum Gasteiger partial charge on any atom is 0.313 e. The first kappa shape index (κ1) is 14.5. The van der Waals surface area contributed by atoms with Crippen LogP contribution in [0.25, 0.3) is 10.7 Å². The van der Waals surface area contributed by atoms with Gasteiger partial charge in [-0.05, 0) is 41.2 Å². The molecule has 2 heterocycles. The summed E-state index contributed by atoms with van der Waals surface area (Å²) in [5, 5.41) is 19.7. The van der Waals surface area contributed by atoms with Crippen molar-refractivity contribution >= 4 is 45.0 Å². The van der Waals surface area contributed by atoms with E-state index in [4.69, 9.17) is 5.11 Å². The number of halogens is 1. The zero-order valence-electron chi connectivity index (χ0n) is 10.3. The van der Waals surface area contributed by atoms with Crippen molar-refractivity contribution in [3.8, 4) is 10.7 Å². The van der Waals surface area contributed by atoms with E-state index < -0.39 is 5.97 Å². The van der Waals surface area contributed by atoms with Gasteiger partial charge in [0.15, 0.2) is 11.0 Å². The first-order valence-corrected chi connectivity index (χ1v) is 8.19. The monoisotopic (exact) mass is 361 g/mol. The Bertz CT molecular complexity index is 595. The minimum absolute atomic E-state index is 0.0174. The fourth-order valence-corrected chi connectivity index (χ4v) is 3.89. The second kappa shape index (κ2) is 6.06. The fourth-order valence-electron chi connectivity index (χ4n) is 1.58. The van der Waals surface area contributed by atoms with Gasteiger partial charge in [-0.1, -0.05) is 11.8 Å². The molecule has 2 aromatic rings. The standard InChI is InChI=1S/C11H12BrN3O2S2/c1-6(2)15-10(9-7(12)3-4-18-9)13-14-11(15)19-5-8(16)17/h3-4,6H,5H2,1-2H3,(H,16,17). The van der Waals surface area contributed by atoms with Gasteiger partial charge in [0.25, 0.3) is 0 Å². The average molecular weight is 362 g/mol. The number of aliphatic carboxylic acids is 1. The Kier molecular flexibility index (Phi) is 4.64. The zero-order chi connectivity index (χ0) is 14.0. The van der Waals surface area contributed by atoms with Crippen LogP contribution >= 0.6 is 39.0 Å². The van der Waals surface area contributed by atoms with Crippen molar-refractivity contribution in [3.05, 3.63) is 15.9 Å². The predicted octanol–water partition coefficient (Wildman–Crippen LogP) is 3.53. The van der Waals surface area contributed by atoms with E-state index in [2.05, 4.69) is 26.1 Å². The first-order chi connectivity index (χ1) is 9.00. The molecule has 0 fully saturated rings. The normalized spacial score (nSPS) is 11.2. The highest BCUT2D eigenvalue weighted by Gasteiger charge is 2.19. The molecule has 2 rings (SSSR count). The summed E-state index contributed by atoms with van der Waals surface area (Å²) in [7, 11) is 0. The number of nitrogens with zero attached hydrogens (tertiary/aromatic N) is 3. The number of thiophene rings is 1. The largest absolute Gasteiger partial charge is 0.481 e. The number of thioether (sulfide) groups is 1. The van der Waals surface area contributed by atoms with Gasteiger partial charge in [0.05, 0.1) is 10.6 Å². The molecule has 0 unspecified atom stereocenters. The van der Waals surface area contributed by atoms with E-state index in [1.54, 1.807) is 11.3 Å². The van der Waals surface area contributed by atoms with Crippen molar-refractivity contribution in [1.29, 1.82) is 0 Å². The van der Waals surface area contributed by atoms with E-state index in [-0.39, 0.29) is 11.8 Å². The molecular weight excluding hydrogens is 350 g/mol. The molecule has 0 aliphatic heterocycles. The van der Waals surface area contributed by atoms with E-state index in [0.29, 0.717) is 5.16 Å². The Balaban J connectivity index is 2.40. The van der Waals surface area contributed by atoms with Gasteiger partial charge in [0.2, 0.25) is 0 Å². The molecule has 0 aromatic carbocycles. The van der Waals surface area contributed by atoms with Crippen LogP contribution < -0.4 is 0 Å². The van der Waals surface area contributed by atoms with Gasteiger partial charge in [-0.25, -0.2) is 0 Å². The van der Waals surface area contributed by atoms with Gasteiger partial charge in [0.1, 0.15) is 0 Å². The molecule has 5 nitrogen and oxygen atoms in total. The molecule has 0 amide bonds. The number of hydrogen-bond donors (Lipinski definition) is 1. The number of carboxylic acid groups (broad SMARTS) is 1. The summed E-state index contributed by atoms with van der Waals surface area (Å²) < 4.78 is 2.94. The predicted molar refractivity (Wildman–Crippen MR) is 79.8 cm³/mol. The number of aromatic nitrogens is 3. The van der Waals surface area contributed by atoms with E-state index in [1.807, 2.05) is 29.9 Å². The van der Waals surface area contributed by atoms with Gasteiger partial charge < -0.3 is 5.11 Å². The van der Waals surface area contributed by atoms with Gasteiger partial charge in [-0.2, -0.15) is 0 Å². The van der Waals surface area contributed by atoms with Crippen molar-refractivity contribution in [1.82, 2.24) is 14.8 Å². The minimum atomic E-state index is -0.859. The van der Waals surface area contributed by atoms with Crippen molar-refractivity contribution in [2.75, 3.05) is 5.75 Å². The highest BCUT2D eigenvalue weighted by atomic mass is 79.9. The van der Waals surface area contributed by atoms with Crippen LogP contribution in [0.5, 0.6) is 0 Å². The average Bonchev–Trinajstić information content (AvgIpc) is 2.91. The van der Waals surface area contributed by atoms with E-state index >= 15 is 0 Å². The van der Waals surface area contributed by atoms with Crippen LogP contribution in [0.2, 0.25) is 0 Å². The zero-order valence-corrected chi connectivity index (χ0v) is 13.5. The van der Waals surface area contributed by atoms with Gasteiger partial charge in [-0.15, -0.1) is 21.5 Å². The maximum absolute atomic E-state index is 10.7. The van der Waals surface area contributed by atoms with Crippen LogP contribution in [-0.4, -0.2) is 31.6 Å². The summed E-state index contributed by atoms with van der Waals surface area (Å²) in [5.41, 5.74) is 0. The maximum atomic E-state index is 10.7. The quantitative estimate of drug-likeness (QED) is 0.825. The third-order valence-corrected chi connectivity index (χ3v) is 5.09. The lowest BCUT2D eigenvalue weighted by atomic mass is 10.3. The molecule has 0 aliphatic rings. The minimum Gasteiger partial charge on any atom is -0.481 e. The summed E-state index contributed by atoms with van der Waals surface area (Å²) in [6, 6.07) is 2.12. The first-order valence-electron chi connectivity index (χ1n) is 5.53. The lowest BCUT2D eigenvalue weighted by Gasteiger charge is -2.12. The molecule has 1 N–H and O–H groups in total. The van der Waals surface area contributed by atoms with E-state index in [0.717, 1.165) is 15.2 Å². The van der Waals surface area contributed by atoms with Crippen LogP contribution in [0.1, 0.15) is 19.9 Å². The summed E-state index contributed by atoms with van der Waals surface area (Å²) in [6.07, 6.45) is 0.